The third kappa shape index (κ3) is 3.89. The van der Waals surface area contributed by atoms with E-state index in [0.717, 1.165) is 33.5 Å². The normalized spacial score (nSPS) is 17.0. The molecule has 1 fully saturated rings. The molecular weight excluding hydrogens is 373 g/mol. The van der Waals surface area contributed by atoms with Crippen LogP contribution in [0.25, 0.3) is 11.1 Å². The number of anilines is 2. The minimum atomic E-state index is -0.409. The highest BCUT2D eigenvalue weighted by atomic mass is 16.7. The molecule has 0 atom stereocenters. The maximum absolute atomic E-state index is 7.86. The largest absolute Gasteiger partial charge is 0.494 e. The second-order valence-corrected chi connectivity index (χ2v) is 8.52. The molecule has 6 heteroatoms. The molecule has 3 aromatic rings. The van der Waals surface area contributed by atoms with Gasteiger partial charge in [-0.25, -0.2) is 0 Å². The van der Waals surface area contributed by atoms with Crippen LogP contribution in [-0.4, -0.2) is 29.5 Å². The molecule has 0 saturated carbocycles. The van der Waals surface area contributed by atoms with Crippen LogP contribution in [0.5, 0.6) is 0 Å². The molecule has 5 nitrogen and oxygen atoms in total. The van der Waals surface area contributed by atoms with Gasteiger partial charge >= 0.3 is 7.12 Å². The van der Waals surface area contributed by atoms with Crippen LogP contribution in [0, 0.1) is 5.41 Å². The average molecular weight is 399 g/mol. The summed E-state index contributed by atoms with van der Waals surface area (Å²) in [4.78, 5) is 4.07. The smallest absolute Gasteiger partial charge is 0.399 e. The summed E-state index contributed by atoms with van der Waals surface area (Å²) in [6.45, 7) is 8.21. The van der Waals surface area contributed by atoms with Gasteiger partial charge in [0.05, 0.1) is 11.2 Å². The third-order valence-corrected chi connectivity index (χ3v) is 5.91. The number of hydrogen-bond acceptors (Lipinski definition) is 5. The highest BCUT2D eigenvalue weighted by Crippen LogP contribution is 2.36. The maximum atomic E-state index is 7.86. The van der Waals surface area contributed by atoms with E-state index in [1.165, 1.54) is 6.21 Å². The third-order valence-electron chi connectivity index (χ3n) is 5.91. The van der Waals surface area contributed by atoms with Crippen molar-refractivity contribution in [2.24, 2.45) is 0 Å². The Labute approximate surface area is 178 Å². The predicted molar refractivity (Wildman–Crippen MR) is 123 cm³/mol. The number of pyridine rings is 1. The summed E-state index contributed by atoms with van der Waals surface area (Å²) >= 11 is 0. The molecule has 0 bridgehead atoms. The second kappa shape index (κ2) is 7.71. The Morgan fingerprint density at radius 2 is 1.60 bits per heavy atom. The van der Waals surface area contributed by atoms with Crippen LogP contribution in [0.2, 0.25) is 0 Å². The lowest BCUT2D eigenvalue weighted by atomic mass is 9.79. The summed E-state index contributed by atoms with van der Waals surface area (Å²) in [7, 11) is -0.409. The van der Waals surface area contributed by atoms with E-state index in [9.17, 15) is 0 Å². The highest BCUT2D eigenvalue weighted by molar-refractivity contribution is 6.62. The summed E-state index contributed by atoms with van der Waals surface area (Å²) in [5.74, 6) is 0. The van der Waals surface area contributed by atoms with Gasteiger partial charge in [0.15, 0.2) is 0 Å². The summed E-state index contributed by atoms with van der Waals surface area (Å²) < 4.78 is 12.3. The van der Waals surface area contributed by atoms with Crippen molar-refractivity contribution in [3.63, 3.8) is 0 Å². The number of nitrogens with zero attached hydrogens (tertiary/aromatic N) is 1. The lowest BCUT2D eigenvalue weighted by Gasteiger charge is -2.32. The molecule has 1 aromatic heterocycles. The first-order valence-corrected chi connectivity index (χ1v) is 10.1. The Morgan fingerprint density at radius 3 is 2.27 bits per heavy atom. The van der Waals surface area contributed by atoms with E-state index in [-0.39, 0.29) is 11.2 Å². The lowest BCUT2D eigenvalue weighted by molar-refractivity contribution is 0.00578. The molecule has 0 radical (unpaired) electrons. The van der Waals surface area contributed by atoms with Crippen molar-refractivity contribution in [1.82, 2.24) is 4.98 Å². The zero-order valence-corrected chi connectivity index (χ0v) is 17.8. The second-order valence-electron chi connectivity index (χ2n) is 8.52. The Hall–Kier alpha value is -2.96. The molecule has 152 valence electrons. The van der Waals surface area contributed by atoms with Crippen molar-refractivity contribution in [3.05, 3.63) is 72.6 Å². The zero-order valence-electron chi connectivity index (χ0n) is 17.8. The Kier molecular flexibility index (Phi) is 5.22. The zero-order chi connectivity index (χ0) is 21.4. The lowest BCUT2D eigenvalue weighted by Crippen LogP contribution is -2.41. The van der Waals surface area contributed by atoms with Gasteiger partial charge in [0, 0.05) is 35.5 Å². The van der Waals surface area contributed by atoms with Crippen LogP contribution in [0.1, 0.15) is 33.3 Å². The number of benzene rings is 2. The molecule has 0 spiro atoms. The fraction of sp³-hybridized carbons (Fsp3) is 0.250. The Balaban J connectivity index is 1.58. The molecule has 0 unspecified atom stereocenters. The molecule has 1 saturated heterocycles. The molecular formula is C24H26BN3O2. The van der Waals surface area contributed by atoms with Crippen molar-refractivity contribution in [2.75, 3.05) is 5.32 Å². The number of aromatic nitrogens is 1. The van der Waals surface area contributed by atoms with Crippen LogP contribution in [0.15, 0.2) is 67.0 Å². The van der Waals surface area contributed by atoms with Crippen LogP contribution >= 0.6 is 0 Å². The quantitative estimate of drug-likeness (QED) is 0.478. The van der Waals surface area contributed by atoms with E-state index in [1.807, 2.05) is 54.6 Å². The van der Waals surface area contributed by atoms with Gasteiger partial charge in [-0.05, 0) is 80.7 Å². The van der Waals surface area contributed by atoms with Crippen molar-refractivity contribution in [2.45, 2.75) is 38.9 Å². The van der Waals surface area contributed by atoms with Crippen LogP contribution in [-0.2, 0) is 9.31 Å². The van der Waals surface area contributed by atoms with E-state index in [4.69, 9.17) is 14.7 Å². The van der Waals surface area contributed by atoms with E-state index < -0.39 is 7.12 Å². The van der Waals surface area contributed by atoms with Gasteiger partial charge in [0.25, 0.3) is 0 Å². The molecule has 2 N–H and O–H groups in total. The minimum Gasteiger partial charge on any atom is -0.399 e. The molecule has 0 aliphatic carbocycles. The Bertz CT molecular complexity index is 1050. The number of rotatable bonds is 5. The fourth-order valence-electron chi connectivity index (χ4n) is 3.42. The molecule has 1 aliphatic rings. The van der Waals surface area contributed by atoms with Crippen LogP contribution < -0.4 is 10.8 Å². The van der Waals surface area contributed by atoms with Gasteiger partial charge in [0.2, 0.25) is 0 Å². The molecule has 30 heavy (non-hydrogen) atoms. The standard InChI is InChI=1S/C24H26BN3O2/c1-23(2)24(3,4)30-25(29-23)20-6-5-7-21(15-20)28-22-9-8-18(14-19(22)16-26)17-10-12-27-13-11-17/h5-16,26,28H,1-4H3. The fourth-order valence-corrected chi connectivity index (χ4v) is 3.42. The summed E-state index contributed by atoms with van der Waals surface area (Å²) in [6, 6.07) is 18.0. The van der Waals surface area contributed by atoms with Crippen molar-refractivity contribution in [1.29, 1.82) is 5.41 Å². The van der Waals surface area contributed by atoms with E-state index in [1.54, 1.807) is 12.4 Å². The first-order chi connectivity index (χ1) is 14.3. The SMILES string of the molecule is CC1(C)OB(c2cccc(Nc3ccc(-c4ccncc4)cc3C=N)c2)OC1(C)C. The van der Waals surface area contributed by atoms with E-state index in [2.05, 4.69) is 38.0 Å². The van der Waals surface area contributed by atoms with Crippen LogP contribution in [0.3, 0.4) is 0 Å². The topological polar surface area (TPSA) is 67.2 Å². The van der Waals surface area contributed by atoms with Gasteiger partial charge in [0.1, 0.15) is 0 Å². The summed E-state index contributed by atoms with van der Waals surface area (Å²) in [5, 5.41) is 11.3. The highest BCUT2D eigenvalue weighted by Gasteiger charge is 2.51. The number of nitrogens with one attached hydrogen (secondary N) is 2. The minimum absolute atomic E-state index is 0.378. The van der Waals surface area contributed by atoms with Crippen LogP contribution in [0.4, 0.5) is 11.4 Å². The first-order valence-electron chi connectivity index (χ1n) is 10.1. The van der Waals surface area contributed by atoms with Crippen molar-refractivity contribution < 1.29 is 9.31 Å². The van der Waals surface area contributed by atoms with Gasteiger partial charge < -0.3 is 20.0 Å². The maximum Gasteiger partial charge on any atom is 0.494 e. The molecule has 4 rings (SSSR count). The predicted octanol–water partition coefficient (Wildman–Crippen LogP) is 4.79. The van der Waals surface area contributed by atoms with Gasteiger partial charge in [-0.2, -0.15) is 0 Å². The first kappa shape index (κ1) is 20.3. The van der Waals surface area contributed by atoms with Gasteiger partial charge in [-0.15, -0.1) is 0 Å². The molecule has 2 aromatic carbocycles. The molecule has 2 heterocycles. The molecule has 0 amide bonds. The number of hydrogen-bond donors (Lipinski definition) is 2. The van der Waals surface area contributed by atoms with E-state index >= 15 is 0 Å². The average Bonchev–Trinajstić information content (AvgIpc) is 2.96. The van der Waals surface area contributed by atoms with Gasteiger partial charge in [-0.1, -0.05) is 18.2 Å². The summed E-state index contributed by atoms with van der Waals surface area (Å²) in [6.07, 6.45) is 4.91. The van der Waals surface area contributed by atoms with Crippen molar-refractivity contribution >= 4 is 30.2 Å². The van der Waals surface area contributed by atoms with Crippen molar-refractivity contribution in [3.8, 4) is 11.1 Å². The molecule has 1 aliphatic heterocycles. The van der Waals surface area contributed by atoms with E-state index in [0.29, 0.717) is 0 Å². The Morgan fingerprint density at radius 1 is 0.900 bits per heavy atom. The monoisotopic (exact) mass is 399 g/mol. The summed E-state index contributed by atoms with van der Waals surface area (Å²) in [5.41, 5.74) is 4.92. The van der Waals surface area contributed by atoms with Gasteiger partial charge in [-0.3, -0.25) is 4.98 Å².